The summed E-state index contributed by atoms with van der Waals surface area (Å²) in [6.07, 6.45) is -40.0. The molecule has 0 aromatic heterocycles. The molecule has 0 saturated heterocycles. The van der Waals surface area contributed by atoms with Gasteiger partial charge in [0.1, 0.15) is 0 Å². The van der Waals surface area contributed by atoms with Crippen molar-refractivity contribution in [2.75, 3.05) is 19.6 Å². The summed E-state index contributed by atoms with van der Waals surface area (Å²) < 4.78 is 666. The van der Waals surface area contributed by atoms with Crippen molar-refractivity contribution in [3.05, 3.63) is 0 Å². The third-order valence-corrected chi connectivity index (χ3v) is 10.3. The molecule has 50 heteroatoms. The van der Waals surface area contributed by atoms with E-state index < -0.39 is 187 Å². The van der Waals surface area contributed by atoms with Crippen molar-refractivity contribution in [1.29, 1.82) is 0 Å². The third-order valence-electron chi connectivity index (χ3n) is 10.3. The van der Waals surface area contributed by atoms with Crippen LogP contribution in [0.25, 0.3) is 0 Å². The zero-order valence-corrected chi connectivity index (χ0v) is 35.4. The van der Waals surface area contributed by atoms with E-state index in [-0.39, 0.29) is 0 Å². The van der Waals surface area contributed by atoms with Crippen LogP contribution in [0.2, 0.25) is 0 Å². The monoisotopic (exact) mass is 1320 g/mol. The van der Waals surface area contributed by atoms with Crippen molar-refractivity contribution in [2.45, 2.75) is 163 Å². The molecule has 0 aromatic rings. The molecule has 0 spiro atoms. The van der Waals surface area contributed by atoms with Crippen LogP contribution in [0, 0.1) is 0 Å². The Hall–Kier alpha value is -3.47. The van der Waals surface area contributed by atoms with Crippen LogP contribution in [0.5, 0.6) is 0 Å². The fraction of sp³-hybridized carbons (Fsp3) is 1.00. The van der Waals surface area contributed by atoms with Crippen LogP contribution < -0.4 is 0 Å². The summed E-state index contributed by atoms with van der Waals surface area (Å²) in [6, 6.07) is 0. The van der Waals surface area contributed by atoms with E-state index in [0.717, 1.165) is 0 Å². The number of hydrogen-bond acceptors (Lipinski definition) is 1. The van der Waals surface area contributed by atoms with Crippen molar-refractivity contribution < 1.29 is 215 Å². The Morgan fingerprint density at radius 3 is 0.463 bits per heavy atom. The zero-order valence-electron chi connectivity index (χ0n) is 35.4. The van der Waals surface area contributed by atoms with Gasteiger partial charge in [0, 0.05) is 12.8 Å². The molecular weight excluding hydrogens is 1310 g/mol. The average molecular weight is 1320 g/mol. The molecule has 0 N–H and O–H groups in total. The highest BCUT2D eigenvalue weighted by atomic mass is 19.5. The smallest absolute Gasteiger partial charge is 0.297 e. The first-order chi connectivity index (χ1) is 33.8. The molecule has 0 heterocycles. The van der Waals surface area contributed by atoms with Gasteiger partial charge in [0.05, 0.1) is 6.54 Å². The van der Waals surface area contributed by atoms with Gasteiger partial charge >= 0.3 is 137 Å². The lowest BCUT2D eigenvalue weighted by atomic mass is 9.88. The van der Waals surface area contributed by atoms with Gasteiger partial charge < -0.3 is 0 Å². The Bertz CT molecular complexity index is 2000. The fourth-order valence-corrected chi connectivity index (χ4v) is 5.41. The minimum Gasteiger partial charge on any atom is -0.297 e. The molecule has 0 aliphatic rings. The van der Waals surface area contributed by atoms with Gasteiger partial charge in [0.25, 0.3) is 0 Å². The van der Waals surface area contributed by atoms with Crippen LogP contribution in [-0.2, 0) is 0 Å². The Morgan fingerprint density at radius 1 is 0.163 bits per heavy atom. The summed E-state index contributed by atoms with van der Waals surface area (Å²) >= 11 is 0. The van der Waals surface area contributed by atoms with Crippen LogP contribution in [-0.4, -0.2) is 162 Å². The van der Waals surface area contributed by atoms with Gasteiger partial charge in [-0.1, -0.05) is 0 Å². The van der Waals surface area contributed by atoms with Crippen molar-refractivity contribution in [1.82, 2.24) is 4.90 Å². The van der Waals surface area contributed by atoms with Crippen LogP contribution in [0.4, 0.5) is 215 Å². The molecule has 0 atom stereocenters. The van der Waals surface area contributed by atoms with Crippen molar-refractivity contribution in [3.8, 4) is 0 Å². The Labute approximate surface area is 403 Å². The second-order valence-electron chi connectivity index (χ2n) is 15.9. The molecule has 0 fully saturated rings. The lowest BCUT2D eigenvalue weighted by Gasteiger charge is -2.43. The van der Waals surface area contributed by atoms with E-state index in [0.29, 0.717) is 0 Å². The van der Waals surface area contributed by atoms with Crippen LogP contribution in [0.15, 0.2) is 0 Å². The summed E-state index contributed by atoms with van der Waals surface area (Å²) in [5, 5.41) is 0. The summed E-state index contributed by atoms with van der Waals surface area (Å²) in [5.41, 5.74) is 0. The van der Waals surface area contributed by atoms with E-state index in [1.807, 2.05) is 0 Å². The van der Waals surface area contributed by atoms with Gasteiger partial charge in [-0.3, -0.25) is 4.90 Å². The average Bonchev–Trinajstić information content (AvgIpc) is 3.20. The molecule has 1 nitrogen and oxygen atoms in total. The summed E-state index contributed by atoms with van der Waals surface area (Å²) in [7, 11) is 0. The lowest BCUT2D eigenvalue weighted by molar-refractivity contribution is -0.461. The fourth-order valence-electron chi connectivity index (χ4n) is 5.41. The highest BCUT2D eigenvalue weighted by Gasteiger charge is 2.98. The molecule has 0 unspecified atom stereocenters. The van der Waals surface area contributed by atoms with Gasteiger partial charge in [-0.15, -0.1) is 0 Å². The number of nitrogens with zero attached hydrogens (tertiary/aromatic N) is 1. The van der Waals surface area contributed by atoms with E-state index in [4.69, 9.17) is 0 Å². The number of alkyl halides is 49. The highest BCUT2D eigenvalue weighted by Crippen LogP contribution is 2.68. The summed E-state index contributed by atoms with van der Waals surface area (Å²) in [4.78, 5) is -1.99. The molecule has 0 rings (SSSR count). The van der Waals surface area contributed by atoms with E-state index in [9.17, 15) is 215 Å². The van der Waals surface area contributed by atoms with Crippen molar-refractivity contribution in [3.63, 3.8) is 0 Å². The molecule has 0 aromatic carbocycles. The van der Waals surface area contributed by atoms with E-state index >= 15 is 0 Å². The second-order valence-corrected chi connectivity index (χ2v) is 15.9. The number of halogens is 49. The normalized spacial score (nSPS) is 17.0. The Balaban J connectivity index is 7.84. The first-order valence-corrected chi connectivity index (χ1v) is 18.3. The molecule has 0 aliphatic heterocycles. The maximum atomic E-state index is 14.7. The molecule has 482 valence electrons. The van der Waals surface area contributed by atoms with Crippen LogP contribution in [0.3, 0.4) is 0 Å². The second kappa shape index (κ2) is 20.1. The van der Waals surface area contributed by atoms with E-state index in [1.165, 1.54) is 0 Å². The molecule has 0 aliphatic carbocycles. The largest absolute Gasteiger partial charge is 0.460 e. The topological polar surface area (TPSA) is 3.24 Å². The minimum absolute atomic E-state index is 1.99. The Morgan fingerprint density at radius 2 is 0.300 bits per heavy atom. The highest BCUT2D eigenvalue weighted by molar-refractivity contribution is 5.18. The molecule has 0 bridgehead atoms. The van der Waals surface area contributed by atoms with E-state index in [1.54, 1.807) is 0 Å². The standard InChI is InChI=1S/C30H14F49N/c31-8(32,11(37,38)14(43,44)17(49,50)20(55,56)23(61,62)26(67,68)29(74,75)76)3-1-5-80(7-10(35,36)13(41,42)16(47,48)19(53,54)22(59,60)25(65,66)28(71,72)73)6-2-4-9(33,34)12(39,40)15(45,46)18(51,52)21(57,58)24(63,64)27(69,70)30(77,78)79/h1-7H2. The number of rotatable bonds is 27. The minimum atomic E-state index is -9.47. The SMILES string of the molecule is FC(F)(F)C(F)(F)C(F)(F)C(F)(F)C(F)(F)C(F)(F)C(F)(F)CN(CCCC(F)(F)C(F)(F)C(F)(F)C(F)(F)C(F)(F)C(F)(F)C(F)(F)C(F)(F)F)CCCC(F)(F)C(F)(F)C(F)(F)C(F)(F)C(F)(F)C(F)(F)C(F)(F)C(F)(F)F. The zero-order chi connectivity index (χ0) is 66.0. The molecule has 0 radical (unpaired) electrons. The van der Waals surface area contributed by atoms with Gasteiger partial charge in [0.15, 0.2) is 0 Å². The van der Waals surface area contributed by atoms with Crippen molar-refractivity contribution >= 4 is 0 Å². The van der Waals surface area contributed by atoms with Crippen LogP contribution >= 0.6 is 0 Å². The van der Waals surface area contributed by atoms with Gasteiger partial charge in [0.2, 0.25) is 0 Å². The molecule has 0 amide bonds. The van der Waals surface area contributed by atoms with Crippen LogP contribution in [0.1, 0.15) is 25.7 Å². The first kappa shape index (κ1) is 76.5. The van der Waals surface area contributed by atoms with E-state index in [2.05, 4.69) is 0 Å². The predicted octanol–water partition coefficient (Wildman–Crippen LogP) is 17.2. The van der Waals surface area contributed by atoms with Gasteiger partial charge in [-0.25, -0.2) is 0 Å². The van der Waals surface area contributed by atoms with Gasteiger partial charge in [-0.05, 0) is 25.9 Å². The van der Waals surface area contributed by atoms with Gasteiger partial charge in [-0.2, -0.15) is 215 Å². The summed E-state index contributed by atoms with van der Waals surface area (Å²) in [6.45, 7) is -11.2. The maximum absolute atomic E-state index is 14.7. The lowest BCUT2D eigenvalue weighted by Crippen LogP contribution is -2.74. The quantitative estimate of drug-likeness (QED) is 0.0741. The molecule has 80 heavy (non-hydrogen) atoms. The molecule has 0 saturated carbocycles. The molecular formula is C30H14F49N. The number of hydrogen-bond donors (Lipinski definition) is 0. The van der Waals surface area contributed by atoms with Crippen molar-refractivity contribution in [2.24, 2.45) is 0 Å². The summed E-state index contributed by atoms with van der Waals surface area (Å²) in [5.74, 6) is -180. The third kappa shape index (κ3) is 10.5. The Kier molecular flexibility index (Phi) is 19.2. The predicted molar refractivity (Wildman–Crippen MR) is 152 cm³/mol. The first-order valence-electron chi connectivity index (χ1n) is 18.3. The maximum Gasteiger partial charge on any atom is 0.460 e.